The fourth-order valence-electron chi connectivity index (χ4n) is 4.71. The van der Waals surface area contributed by atoms with E-state index in [1.54, 1.807) is 27.0 Å². The average molecular weight is 838 g/mol. The molecule has 0 radical (unpaired) electrons. The molecule has 2 amide bonds. The minimum Gasteiger partial charge on any atom is -0.477 e. The number of carbonyl (C=O) groups excluding carboxylic acids is 5. The number of anilines is 1. The number of carbonyl (C=O) groups is 6. The molecule has 23 heteroatoms. The van der Waals surface area contributed by atoms with Crippen LogP contribution in [0.3, 0.4) is 0 Å². The highest BCUT2D eigenvalue weighted by atomic mass is 32.2. The Morgan fingerprint density at radius 1 is 1.15 bits per heavy atom. The lowest BCUT2D eigenvalue weighted by Crippen LogP contribution is -2.71. The minimum absolute atomic E-state index is 0.0336. The van der Waals surface area contributed by atoms with Crippen molar-refractivity contribution in [3.8, 4) is 11.5 Å². The molecule has 1 fully saturated rings. The summed E-state index contributed by atoms with van der Waals surface area (Å²) in [5, 5.41) is 21.2. The Morgan fingerprint density at radius 3 is 2.48 bits per heavy atom. The first-order chi connectivity index (χ1) is 25.5. The van der Waals surface area contributed by atoms with Crippen LogP contribution in [0.5, 0.6) is 11.5 Å². The van der Waals surface area contributed by atoms with Gasteiger partial charge in [0.1, 0.15) is 32.6 Å². The van der Waals surface area contributed by atoms with Gasteiger partial charge in [-0.2, -0.15) is 0 Å². The van der Waals surface area contributed by atoms with Gasteiger partial charge in [0.05, 0.1) is 6.20 Å². The number of thioether (sulfide) groups is 3. The van der Waals surface area contributed by atoms with Gasteiger partial charge in [0, 0.05) is 35.6 Å². The number of β-lactam (4-membered cyclic amide) rings is 1. The molecule has 2 aliphatic rings. The molecule has 0 aliphatic carbocycles. The third kappa shape index (κ3) is 10.1. The highest BCUT2D eigenvalue weighted by Gasteiger charge is 2.54. The van der Waals surface area contributed by atoms with E-state index < -0.39 is 63.9 Å². The number of carboxylic acid groups (broad SMARTS) is 1. The monoisotopic (exact) mass is 837 g/mol. The Morgan fingerprint density at radius 2 is 1.87 bits per heavy atom. The van der Waals surface area contributed by atoms with E-state index in [9.17, 15) is 33.9 Å². The molecule has 54 heavy (non-hydrogen) atoms. The number of hydrogen-bond donors (Lipinski definition) is 3. The van der Waals surface area contributed by atoms with Crippen LogP contribution in [0.25, 0.3) is 0 Å². The summed E-state index contributed by atoms with van der Waals surface area (Å²) in [6.07, 6.45) is 1.56. The molecule has 0 saturated carbocycles. The lowest BCUT2D eigenvalue weighted by molar-refractivity contribution is -0.162. The highest BCUT2D eigenvalue weighted by Crippen LogP contribution is 2.42. The van der Waals surface area contributed by atoms with Gasteiger partial charge in [0.15, 0.2) is 22.3 Å². The van der Waals surface area contributed by atoms with Crippen LogP contribution in [-0.4, -0.2) is 99.9 Å². The quantitative estimate of drug-likeness (QED) is 0.0401. The number of benzene rings is 1. The van der Waals surface area contributed by atoms with Crippen molar-refractivity contribution in [3.63, 3.8) is 0 Å². The summed E-state index contributed by atoms with van der Waals surface area (Å²) in [4.78, 5) is 87.5. The lowest BCUT2D eigenvalue weighted by atomic mass is 10.0. The Bertz CT molecular complexity index is 2030. The molecule has 4 N–H and O–H groups in total. The van der Waals surface area contributed by atoms with Gasteiger partial charge in [-0.3, -0.25) is 24.1 Å². The Kier molecular flexibility index (Phi) is 12.9. The summed E-state index contributed by atoms with van der Waals surface area (Å²) in [7, 11) is 0. The topological polar surface area (TPSA) is 252 Å². The van der Waals surface area contributed by atoms with E-state index in [1.165, 1.54) is 65.6 Å². The normalized spacial score (nSPS) is 17.5. The zero-order chi connectivity index (χ0) is 39.3. The number of nitrogen functional groups attached to an aromatic ring is 1. The summed E-state index contributed by atoms with van der Waals surface area (Å²) in [5.74, 6) is -4.71. The lowest BCUT2D eigenvalue weighted by Gasteiger charge is -2.49. The first kappa shape index (κ1) is 40.5. The fourth-order valence-corrected chi connectivity index (χ4v) is 8.96. The van der Waals surface area contributed by atoms with Gasteiger partial charge < -0.3 is 35.2 Å². The third-order valence-electron chi connectivity index (χ3n) is 6.75. The summed E-state index contributed by atoms with van der Waals surface area (Å²) < 4.78 is 20.4. The summed E-state index contributed by atoms with van der Waals surface area (Å²) in [5.41, 5.74) is 3.20. The second-order valence-electron chi connectivity index (χ2n) is 12.0. The van der Waals surface area contributed by atoms with Gasteiger partial charge in [-0.05, 0) is 56.1 Å². The van der Waals surface area contributed by atoms with Crippen LogP contribution in [0, 0.1) is 0 Å². The van der Waals surface area contributed by atoms with Crippen LogP contribution in [0.4, 0.5) is 5.13 Å². The van der Waals surface area contributed by atoms with Gasteiger partial charge in [-0.15, -0.1) is 40.0 Å². The van der Waals surface area contributed by atoms with Crippen molar-refractivity contribution in [3.05, 3.63) is 46.7 Å². The number of ether oxygens (including phenoxy) is 3. The Balaban J connectivity index is 1.39. The number of rotatable bonds is 14. The summed E-state index contributed by atoms with van der Waals surface area (Å²) in [6, 6.07) is 3.01. The van der Waals surface area contributed by atoms with E-state index in [1.807, 2.05) is 0 Å². The van der Waals surface area contributed by atoms with Crippen LogP contribution < -0.4 is 20.5 Å². The number of aliphatic carboxylic acids is 1. The number of aromatic nitrogens is 3. The molecule has 1 saturated heterocycles. The van der Waals surface area contributed by atoms with Crippen molar-refractivity contribution in [2.45, 2.75) is 66.2 Å². The molecule has 3 atom stereocenters. The van der Waals surface area contributed by atoms with Gasteiger partial charge in [0.25, 0.3) is 17.3 Å². The summed E-state index contributed by atoms with van der Waals surface area (Å²) >= 11 is 5.56. The van der Waals surface area contributed by atoms with Gasteiger partial charge >= 0.3 is 23.9 Å². The van der Waals surface area contributed by atoms with Gasteiger partial charge in [-0.1, -0.05) is 21.4 Å². The molecule has 2 aromatic heterocycles. The molecule has 0 unspecified atom stereocenters. The van der Waals surface area contributed by atoms with Crippen molar-refractivity contribution in [1.82, 2.24) is 24.8 Å². The molecular formula is C31H31N7O11S5. The number of hydrogen-bond acceptors (Lipinski definition) is 20. The molecular weight excluding hydrogens is 807 g/mol. The van der Waals surface area contributed by atoms with Gasteiger partial charge in [-0.25, -0.2) is 14.6 Å². The van der Waals surface area contributed by atoms with E-state index in [-0.39, 0.29) is 38.7 Å². The number of oxime groups is 1. The molecule has 286 valence electrons. The van der Waals surface area contributed by atoms with Crippen molar-refractivity contribution in [2.75, 3.05) is 17.2 Å². The number of amides is 2. The van der Waals surface area contributed by atoms with Crippen LogP contribution in [-0.2, 0) is 38.3 Å². The molecule has 0 bridgehead atoms. The number of thiazole rings is 1. The first-order valence-corrected chi connectivity index (χ1v) is 20.0. The predicted molar refractivity (Wildman–Crippen MR) is 199 cm³/mol. The van der Waals surface area contributed by atoms with E-state index >= 15 is 0 Å². The molecule has 5 rings (SSSR count). The van der Waals surface area contributed by atoms with Crippen LogP contribution in [0.1, 0.15) is 40.3 Å². The predicted octanol–water partition coefficient (Wildman–Crippen LogP) is 3.14. The second-order valence-corrected chi connectivity index (χ2v) is 17.2. The van der Waals surface area contributed by atoms with E-state index in [0.29, 0.717) is 11.3 Å². The maximum absolute atomic E-state index is 13.8. The number of esters is 3. The zero-order valence-electron chi connectivity index (χ0n) is 28.9. The maximum atomic E-state index is 13.8. The smallest absolute Gasteiger partial charge is 0.361 e. The summed E-state index contributed by atoms with van der Waals surface area (Å²) in [6.45, 7) is 7.22. The standard InChI is InChI=1S/C31H31N7O11S5/c1-13(39)46-18-7-6-16(8-19(18)47-14(2)40)53-29(28(45)48-31(3,4)5)49-36-21(17-12-52-30(32)34-17)24(41)35-22-25(42)38-23(27(43)44)15(11-51-26(22)38)10-50-20-9-33-37-54-20/h6-9,12,22,26,29H,10-11H2,1-5H3,(H2,32,34)(H,35,41)(H,43,44)/b36-21-/t22-,26+,29-/m1/s1. The molecule has 2 aliphatic heterocycles. The highest BCUT2D eigenvalue weighted by molar-refractivity contribution is 8.02. The maximum Gasteiger partial charge on any atom is 0.361 e. The average Bonchev–Trinajstić information content (AvgIpc) is 3.77. The second kappa shape index (κ2) is 17.2. The van der Waals surface area contributed by atoms with Gasteiger partial charge in [0.2, 0.25) is 0 Å². The largest absolute Gasteiger partial charge is 0.477 e. The van der Waals surface area contributed by atoms with Crippen LogP contribution in [0.15, 0.2) is 55.3 Å². The minimum atomic E-state index is -1.57. The molecule has 4 heterocycles. The third-order valence-corrected chi connectivity index (χ3v) is 11.7. The number of carboxylic acids is 1. The van der Waals surface area contributed by atoms with Crippen molar-refractivity contribution in [2.24, 2.45) is 5.16 Å². The fraction of sp³-hybridized carbons (Fsp3) is 0.355. The number of nitrogens with two attached hydrogens (primary N) is 1. The van der Waals surface area contributed by atoms with E-state index in [2.05, 4.69) is 25.0 Å². The van der Waals surface area contributed by atoms with Crippen molar-refractivity contribution in [1.29, 1.82) is 0 Å². The molecule has 18 nitrogen and oxygen atoms in total. The van der Waals surface area contributed by atoms with Crippen LogP contribution in [0.2, 0.25) is 0 Å². The van der Waals surface area contributed by atoms with E-state index in [4.69, 9.17) is 24.8 Å². The molecule has 3 aromatic rings. The Hall–Kier alpha value is -4.71. The molecule has 0 spiro atoms. The number of nitrogens with one attached hydrogen (secondary N) is 1. The van der Waals surface area contributed by atoms with E-state index in [0.717, 1.165) is 39.1 Å². The molecule has 1 aromatic carbocycles. The van der Waals surface area contributed by atoms with Crippen molar-refractivity contribution < 1.29 is 52.9 Å². The number of fused-ring (bicyclic) bond motifs is 1. The van der Waals surface area contributed by atoms with Crippen molar-refractivity contribution >= 4 is 105 Å². The zero-order valence-corrected chi connectivity index (χ0v) is 33.0. The van der Waals surface area contributed by atoms with Crippen LogP contribution >= 0.6 is 58.2 Å². The Labute approximate surface area is 327 Å². The SMILES string of the molecule is CC(=O)Oc1ccc(S[C@@H](O/N=C(\C(=O)N[C@@H]2C(=O)N3C(C(=O)O)=C(CSc4cnns4)CS[C@@H]23)c2csc(N)n2)C(=O)OC(C)(C)C)cc1OC(C)=O. The number of nitrogens with zero attached hydrogens (tertiary/aromatic N) is 5. The first-order valence-electron chi connectivity index (χ1n) is 15.5.